The number of amides is 2. The Morgan fingerprint density at radius 2 is 0.875 bits per heavy atom. The summed E-state index contributed by atoms with van der Waals surface area (Å²) in [7, 11) is 0. The van der Waals surface area contributed by atoms with Gasteiger partial charge >= 0.3 is 0 Å². The first-order chi connectivity index (χ1) is 14.5. The second kappa shape index (κ2) is 9.18. The fraction of sp³-hybridized carbons (Fsp3) is 0.917. The number of nitrogens with zero attached hydrogens (tertiary/aromatic N) is 2. The second-order valence-electron chi connectivity index (χ2n) is 12.4. The predicted molar refractivity (Wildman–Crippen MR) is 124 cm³/mol. The van der Waals surface area contributed by atoms with Gasteiger partial charge in [0.15, 0.2) is 0 Å². The van der Waals surface area contributed by atoms with Crippen LogP contribution in [0.4, 0.5) is 0 Å². The van der Waals surface area contributed by atoms with Gasteiger partial charge in [0, 0.05) is 125 Å². The maximum Gasteiger partial charge on any atom is 0.220 e. The fourth-order valence-electron chi connectivity index (χ4n) is 5.90. The van der Waals surface area contributed by atoms with Gasteiger partial charge in [-0.15, -0.1) is 0 Å². The van der Waals surface area contributed by atoms with E-state index in [0.29, 0.717) is 51.4 Å². The van der Waals surface area contributed by atoms with Gasteiger partial charge in [0.25, 0.3) is 0 Å². The second-order valence-corrected chi connectivity index (χ2v) is 12.4. The zero-order valence-corrected chi connectivity index (χ0v) is 21.3. The molecule has 0 spiro atoms. The molecule has 2 rings (SSSR count). The number of rotatable bonds is 7. The van der Waals surface area contributed by atoms with Gasteiger partial charge in [-0.25, -0.2) is 0 Å². The van der Waals surface area contributed by atoms with Crippen molar-refractivity contribution in [2.45, 2.75) is 141 Å². The molecule has 8 nitrogen and oxygen atoms in total. The summed E-state index contributed by atoms with van der Waals surface area (Å²) in [4.78, 5) is 49.7. The number of piperidine rings is 2. The maximum absolute atomic E-state index is 12.5. The van der Waals surface area contributed by atoms with E-state index < -0.39 is 22.2 Å². The third-order valence-electron chi connectivity index (χ3n) is 6.97. The van der Waals surface area contributed by atoms with Crippen molar-refractivity contribution in [1.29, 1.82) is 0 Å². The van der Waals surface area contributed by atoms with Gasteiger partial charge in [-0.3, -0.25) is 9.59 Å². The van der Waals surface area contributed by atoms with Gasteiger partial charge in [-0.2, -0.15) is 0 Å². The summed E-state index contributed by atoms with van der Waals surface area (Å²) in [6.45, 7) is 15.3. The molecule has 0 aliphatic carbocycles. The van der Waals surface area contributed by atoms with E-state index in [-0.39, 0.29) is 23.9 Å². The number of carbonyl (C=O) groups excluding carboxylic acids is 2. The van der Waals surface area contributed by atoms with E-state index in [2.05, 4.69) is 10.6 Å². The molecule has 2 amide bonds. The Labute approximate surface area is 192 Å². The van der Waals surface area contributed by atoms with Crippen LogP contribution in [0.2, 0.25) is 0 Å². The minimum atomic E-state index is -0.511. The van der Waals surface area contributed by atoms with E-state index >= 15 is 0 Å². The Bertz CT molecular complexity index is 666. The summed E-state index contributed by atoms with van der Waals surface area (Å²) in [6.07, 6.45) is 4.55. The lowest BCUT2D eigenvalue weighted by atomic mass is 9.79. The van der Waals surface area contributed by atoms with Gasteiger partial charge < -0.3 is 10.6 Å². The van der Waals surface area contributed by atoms with Crippen LogP contribution in [0.5, 0.6) is 0 Å². The lowest BCUT2D eigenvalue weighted by Gasteiger charge is -2.37. The molecule has 0 saturated carbocycles. The normalized spacial score (nSPS) is 24.8. The maximum atomic E-state index is 12.5. The van der Waals surface area contributed by atoms with Gasteiger partial charge in [-0.05, 0) is 12.8 Å². The topological polar surface area (TPSA) is 98.4 Å². The van der Waals surface area contributed by atoms with Crippen molar-refractivity contribution in [3.05, 3.63) is 9.81 Å². The first kappa shape index (κ1) is 26.4. The van der Waals surface area contributed by atoms with Crippen molar-refractivity contribution in [1.82, 2.24) is 10.6 Å². The Hall–Kier alpha value is -1.86. The lowest BCUT2D eigenvalue weighted by molar-refractivity contribution is -0.693. The molecule has 2 heterocycles. The quantitative estimate of drug-likeness (QED) is 0.454. The van der Waals surface area contributed by atoms with E-state index in [1.54, 1.807) is 0 Å². The monoisotopic (exact) mass is 452 g/mol. The molecule has 0 bridgehead atoms. The minimum Gasteiger partial charge on any atom is -0.353 e. The molecule has 0 aromatic heterocycles. The average molecular weight is 453 g/mol. The highest BCUT2D eigenvalue weighted by Crippen LogP contribution is 2.35. The van der Waals surface area contributed by atoms with E-state index in [0.717, 1.165) is 9.52 Å². The van der Waals surface area contributed by atoms with Gasteiger partial charge in [0.2, 0.25) is 34.0 Å². The predicted octanol–water partition coefficient (Wildman–Crippen LogP) is 3.78. The molecular formula is C24H44N4O4+2. The summed E-state index contributed by atoms with van der Waals surface area (Å²) in [5.41, 5.74) is -2.04. The zero-order valence-electron chi connectivity index (χ0n) is 21.3. The van der Waals surface area contributed by atoms with Gasteiger partial charge in [0.1, 0.15) is 0 Å². The zero-order chi connectivity index (χ0) is 24.5. The summed E-state index contributed by atoms with van der Waals surface area (Å²) in [5.74, 6) is -0.0413. The highest BCUT2D eigenvalue weighted by atomic mass is 16.3. The van der Waals surface area contributed by atoms with Crippen LogP contribution in [0, 0.1) is 9.81 Å². The van der Waals surface area contributed by atoms with E-state index in [1.807, 2.05) is 55.4 Å². The number of nitrogens with one attached hydrogen (secondary N) is 2. The van der Waals surface area contributed by atoms with Gasteiger partial charge in [-0.1, -0.05) is 0 Å². The summed E-state index contributed by atoms with van der Waals surface area (Å²) in [6, 6.07) is -0.0285. The van der Waals surface area contributed by atoms with Crippen molar-refractivity contribution < 1.29 is 19.1 Å². The molecule has 32 heavy (non-hydrogen) atoms. The summed E-state index contributed by atoms with van der Waals surface area (Å²) in [5, 5.41) is 6.17. The Balaban J connectivity index is 1.72. The number of hydrogen-bond acceptors (Lipinski definition) is 4. The molecule has 2 aliphatic heterocycles. The fourth-order valence-corrected chi connectivity index (χ4v) is 5.90. The lowest BCUT2D eigenvalue weighted by Crippen LogP contribution is -2.59. The van der Waals surface area contributed by atoms with Crippen molar-refractivity contribution >= 4 is 11.8 Å². The van der Waals surface area contributed by atoms with Gasteiger partial charge in [0.05, 0.1) is 0 Å². The largest absolute Gasteiger partial charge is 0.353 e. The summed E-state index contributed by atoms with van der Waals surface area (Å²) < 4.78 is 2.31. The molecular weight excluding hydrogens is 408 g/mol. The Morgan fingerprint density at radius 3 is 1.12 bits per heavy atom. The van der Waals surface area contributed by atoms with Crippen LogP contribution in [0.3, 0.4) is 0 Å². The molecule has 8 heteroatoms. The van der Waals surface area contributed by atoms with E-state index in [1.165, 1.54) is 0 Å². The molecule has 0 atom stereocenters. The Kier molecular flexibility index (Phi) is 7.57. The molecule has 2 aliphatic rings. The van der Waals surface area contributed by atoms with Crippen molar-refractivity contribution in [3.63, 3.8) is 0 Å². The third-order valence-corrected chi connectivity index (χ3v) is 6.97. The number of unbranched alkanes of at least 4 members (excludes halogenated alkanes) is 1. The highest BCUT2D eigenvalue weighted by Gasteiger charge is 2.54. The van der Waals surface area contributed by atoms with E-state index in [4.69, 9.17) is 0 Å². The van der Waals surface area contributed by atoms with Crippen LogP contribution in [0.1, 0.15) is 107 Å². The van der Waals surface area contributed by atoms with Crippen LogP contribution in [-0.2, 0) is 9.59 Å². The average Bonchev–Trinajstić information content (AvgIpc) is 2.60. The van der Waals surface area contributed by atoms with Crippen LogP contribution in [0.15, 0.2) is 0 Å². The van der Waals surface area contributed by atoms with Crippen molar-refractivity contribution in [2.24, 2.45) is 0 Å². The number of nitroso groups, excluding NO2 is 2. The summed E-state index contributed by atoms with van der Waals surface area (Å²) >= 11 is 0. The van der Waals surface area contributed by atoms with Crippen LogP contribution in [-0.4, -0.2) is 55.6 Å². The van der Waals surface area contributed by atoms with Crippen LogP contribution >= 0.6 is 0 Å². The molecule has 2 saturated heterocycles. The minimum absolute atomic E-state index is 0.0143. The molecule has 0 aromatic rings. The van der Waals surface area contributed by atoms with Crippen LogP contribution in [0.25, 0.3) is 0 Å². The van der Waals surface area contributed by atoms with Crippen molar-refractivity contribution in [3.8, 4) is 0 Å². The molecule has 0 aromatic carbocycles. The first-order valence-corrected chi connectivity index (χ1v) is 12.0. The van der Waals surface area contributed by atoms with E-state index in [9.17, 15) is 19.4 Å². The number of hydrogen-bond donors (Lipinski definition) is 2. The molecule has 0 radical (unpaired) electrons. The molecule has 2 N–H and O–H groups in total. The molecule has 0 unspecified atom stereocenters. The van der Waals surface area contributed by atoms with Crippen LogP contribution < -0.4 is 10.6 Å². The first-order valence-electron chi connectivity index (χ1n) is 12.0. The van der Waals surface area contributed by atoms with Crippen molar-refractivity contribution in [2.75, 3.05) is 0 Å². The standard InChI is InChI=1S/C24H42N4O4/c1-21(2)13-17(14-22(3,4)27(21)31)25-19(29)11-9-10-12-20(30)26-18-15-23(5,6)28(32)24(7,8)16-18/h17-18H,9-16H2,1-8H3/p+2. The number of carbonyl (C=O) groups is 2. The Morgan fingerprint density at radius 1 is 0.625 bits per heavy atom. The smallest absolute Gasteiger partial charge is 0.220 e. The molecule has 2 fully saturated rings. The SMILES string of the molecule is CC1(C)CC(NC(=O)CCCCC(=O)NC2CC(C)(C)[N+](=O)C(C)(C)C2)CC(C)(C)[N+]1=O. The third kappa shape index (κ3) is 6.35. The highest BCUT2D eigenvalue weighted by molar-refractivity contribution is 5.77. The molecule has 182 valence electrons.